The molecule has 0 amide bonds. The second kappa shape index (κ2) is 8.00. The first-order chi connectivity index (χ1) is 15.1. The first kappa shape index (κ1) is 21.5. The molecule has 0 spiro atoms. The highest BCUT2D eigenvalue weighted by Crippen LogP contribution is 2.69. The summed E-state index contributed by atoms with van der Waals surface area (Å²) in [6.07, 6.45) is 24.1. The lowest BCUT2D eigenvalue weighted by atomic mass is 9.42. The van der Waals surface area contributed by atoms with Crippen LogP contribution in [-0.2, 0) is 0 Å². The molecule has 2 heteroatoms. The van der Waals surface area contributed by atoms with E-state index in [0.29, 0.717) is 16.5 Å². The monoisotopic (exact) mass is 426 g/mol. The van der Waals surface area contributed by atoms with Crippen molar-refractivity contribution in [3.05, 3.63) is 0 Å². The largest absolute Gasteiger partial charge is 0.285 e. The van der Waals surface area contributed by atoms with Crippen molar-refractivity contribution < 1.29 is 0 Å². The van der Waals surface area contributed by atoms with Gasteiger partial charge >= 0.3 is 0 Å². The SMILES string of the molecule is C[C@@]12CCC[C@H]1[C@@H]1CC(N3CCCCC3)(N3CCCCC3)C3CCCC[C@]3(C)[C@@H]1CC2. The summed E-state index contributed by atoms with van der Waals surface area (Å²) in [6.45, 7) is 11.1. The maximum Gasteiger partial charge on any atom is 0.0774 e. The summed E-state index contributed by atoms with van der Waals surface area (Å²) in [7, 11) is 0. The first-order valence-corrected chi connectivity index (χ1v) is 14.6. The molecule has 0 aromatic rings. The Kier molecular flexibility index (Phi) is 5.54. The fourth-order valence-electron chi connectivity index (χ4n) is 10.9. The average Bonchev–Trinajstić information content (AvgIpc) is 3.21. The summed E-state index contributed by atoms with van der Waals surface area (Å²) in [5, 5.41) is 0. The quantitative estimate of drug-likeness (QED) is 0.465. The van der Waals surface area contributed by atoms with Gasteiger partial charge in [-0.05, 0) is 131 Å². The smallest absolute Gasteiger partial charge is 0.0774 e. The molecule has 0 aromatic heterocycles. The molecule has 2 aliphatic heterocycles. The third-order valence-corrected chi connectivity index (χ3v) is 12.2. The molecular formula is C29H50N2. The van der Waals surface area contributed by atoms with Crippen LogP contribution in [-0.4, -0.2) is 41.6 Å². The average molecular weight is 427 g/mol. The molecule has 1 unspecified atom stereocenters. The number of hydrogen-bond acceptors (Lipinski definition) is 2. The van der Waals surface area contributed by atoms with Crippen molar-refractivity contribution in [2.24, 2.45) is 34.5 Å². The molecular weight excluding hydrogens is 376 g/mol. The molecule has 2 saturated heterocycles. The summed E-state index contributed by atoms with van der Waals surface area (Å²) >= 11 is 0. The molecule has 4 saturated carbocycles. The molecule has 4 aliphatic carbocycles. The van der Waals surface area contributed by atoms with Gasteiger partial charge in [-0.1, -0.05) is 46.0 Å². The van der Waals surface area contributed by atoms with E-state index in [1.807, 2.05) is 0 Å². The topological polar surface area (TPSA) is 6.48 Å². The number of hydrogen-bond donors (Lipinski definition) is 0. The Bertz CT molecular complexity index is 629. The Balaban J connectivity index is 1.46. The van der Waals surface area contributed by atoms with Crippen LogP contribution in [0.2, 0.25) is 0 Å². The van der Waals surface area contributed by atoms with Crippen LogP contribution in [0.3, 0.4) is 0 Å². The van der Waals surface area contributed by atoms with Gasteiger partial charge in [0.15, 0.2) is 0 Å². The van der Waals surface area contributed by atoms with Gasteiger partial charge in [0.05, 0.1) is 5.66 Å². The van der Waals surface area contributed by atoms with Crippen LogP contribution in [0.1, 0.15) is 117 Å². The van der Waals surface area contributed by atoms with Crippen LogP contribution in [0.15, 0.2) is 0 Å². The van der Waals surface area contributed by atoms with Crippen LogP contribution in [0.4, 0.5) is 0 Å². The van der Waals surface area contributed by atoms with Crippen molar-refractivity contribution in [1.82, 2.24) is 9.80 Å². The molecule has 0 bridgehead atoms. The third-order valence-electron chi connectivity index (χ3n) is 12.2. The summed E-state index contributed by atoms with van der Waals surface area (Å²) in [4.78, 5) is 6.26. The Labute approximate surface area is 192 Å². The molecule has 0 radical (unpaired) electrons. The fourth-order valence-corrected chi connectivity index (χ4v) is 10.9. The van der Waals surface area contributed by atoms with Crippen LogP contribution in [0.25, 0.3) is 0 Å². The van der Waals surface area contributed by atoms with Gasteiger partial charge in [-0.25, -0.2) is 0 Å². The predicted molar refractivity (Wildman–Crippen MR) is 130 cm³/mol. The number of rotatable bonds is 2. The molecule has 176 valence electrons. The molecule has 6 atom stereocenters. The maximum absolute atomic E-state index is 3.13. The molecule has 31 heavy (non-hydrogen) atoms. The van der Waals surface area contributed by atoms with E-state index in [-0.39, 0.29) is 0 Å². The normalized spacial score (nSPS) is 48.6. The summed E-state index contributed by atoms with van der Waals surface area (Å²) < 4.78 is 0. The highest BCUT2D eigenvalue weighted by atomic mass is 15.4. The minimum Gasteiger partial charge on any atom is -0.285 e. The molecule has 2 nitrogen and oxygen atoms in total. The van der Waals surface area contributed by atoms with Crippen LogP contribution >= 0.6 is 0 Å². The van der Waals surface area contributed by atoms with Crippen molar-refractivity contribution in [1.29, 1.82) is 0 Å². The third kappa shape index (κ3) is 3.16. The van der Waals surface area contributed by atoms with E-state index in [1.54, 1.807) is 19.3 Å². The zero-order valence-corrected chi connectivity index (χ0v) is 20.8. The van der Waals surface area contributed by atoms with Crippen molar-refractivity contribution in [2.75, 3.05) is 26.2 Å². The Hall–Kier alpha value is -0.0800. The lowest BCUT2D eigenvalue weighted by molar-refractivity contribution is -0.237. The van der Waals surface area contributed by atoms with E-state index in [4.69, 9.17) is 0 Å². The van der Waals surface area contributed by atoms with Gasteiger partial charge in [0, 0.05) is 0 Å². The van der Waals surface area contributed by atoms with E-state index < -0.39 is 0 Å². The minimum atomic E-state index is 0.401. The van der Waals surface area contributed by atoms with Gasteiger partial charge < -0.3 is 0 Å². The van der Waals surface area contributed by atoms with E-state index in [0.717, 1.165) is 23.7 Å². The Morgan fingerprint density at radius 2 is 1.26 bits per heavy atom. The van der Waals surface area contributed by atoms with E-state index in [2.05, 4.69) is 23.6 Å². The summed E-state index contributed by atoms with van der Waals surface area (Å²) in [5.41, 5.74) is 1.67. The van der Waals surface area contributed by atoms with Crippen molar-refractivity contribution in [3.8, 4) is 0 Å². The lowest BCUT2D eigenvalue weighted by Gasteiger charge is -2.70. The molecule has 0 aromatic carbocycles. The number of fused-ring (bicyclic) bond motifs is 5. The van der Waals surface area contributed by atoms with E-state index in [1.165, 1.54) is 110 Å². The number of piperidine rings is 2. The van der Waals surface area contributed by atoms with Crippen molar-refractivity contribution in [2.45, 2.75) is 122 Å². The molecule has 6 rings (SSSR count). The zero-order valence-electron chi connectivity index (χ0n) is 20.8. The van der Waals surface area contributed by atoms with Crippen LogP contribution in [0, 0.1) is 34.5 Å². The maximum atomic E-state index is 3.13. The van der Waals surface area contributed by atoms with Crippen molar-refractivity contribution >= 4 is 0 Å². The van der Waals surface area contributed by atoms with Gasteiger partial charge in [-0.15, -0.1) is 0 Å². The lowest BCUT2D eigenvalue weighted by Crippen LogP contribution is -2.74. The van der Waals surface area contributed by atoms with Gasteiger partial charge in [0.25, 0.3) is 0 Å². The van der Waals surface area contributed by atoms with Crippen molar-refractivity contribution in [3.63, 3.8) is 0 Å². The molecule has 6 fully saturated rings. The van der Waals surface area contributed by atoms with Crippen LogP contribution in [0.5, 0.6) is 0 Å². The van der Waals surface area contributed by atoms with Gasteiger partial charge in [-0.2, -0.15) is 0 Å². The fraction of sp³-hybridized carbons (Fsp3) is 1.00. The number of likely N-dealkylation sites (tertiary alicyclic amines) is 2. The first-order valence-electron chi connectivity index (χ1n) is 14.6. The summed E-state index contributed by atoms with van der Waals surface area (Å²) in [5.74, 6) is 3.98. The predicted octanol–water partition coefficient (Wildman–Crippen LogP) is 7.09. The van der Waals surface area contributed by atoms with E-state index in [9.17, 15) is 0 Å². The van der Waals surface area contributed by atoms with E-state index >= 15 is 0 Å². The molecule has 6 aliphatic rings. The highest BCUT2D eigenvalue weighted by Gasteiger charge is 2.66. The minimum absolute atomic E-state index is 0.401. The Morgan fingerprint density at radius 1 is 0.581 bits per heavy atom. The number of nitrogens with zero attached hydrogens (tertiary/aromatic N) is 2. The van der Waals surface area contributed by atoms with Crippen LogP contribution < -0.4 is 0 Å². The van der Waals surface area contributed by atoms with Gasteiger partial charge in [0.1, 0.15) is 0 Å². The second-order valence-electron chi connectivity index (χ2n) is 13.4. The highest BCUT2D eigenvalue weighted by molar-refractivity contribution is 5.16. The zero-order chi connectivity index (χ0) is 21.1. The van der Waals surface area contributed by atoms with Gasteiger partial charge in [0.2, 0.25) is 0 Å². The molecule has 2 heterocycles. The molecule has 0 N–H and O–H groups in total. The van der Waals surface area contributed by atoms with Gasteiger partial charge in [-0.3, -0.25) is 9.80 Å². The standard InChI is InChI=1S/C29H50N2/c1-27-15-11-12-24(27)23-22-29(30-18-7-3-8-19-30,31-20-9-4-10-21-31)26-13-5-6-16-28(26,2)25(23)14-17-27/h23-26H,3-22H2,1-2H3/t23-,24-,25+,26?,27-,28+/m0/s1. The second-order valence-corrected chi connectivity index (χ2v) is 13.4. The summed E-state index contributed by atoms with van der Waals surface area (Å²) in [6, 6.07) is 0. The Morgan fingerprint density at radius 3 is 1.94 bits per heavy atom.